The lowest BCUT2D eigenvalue weighted by Crippen LogP contribution is -2.46. The van der Waals surface area contributed by atoms with Gasteiger partial charge < -0.3 is 20.6 Å². The maximum Gasteiger partial charge on any atom is 0.417 e. The zero-order chi connectivity index (χ0) is 22.2. The lowest BCUT2D eigenvalue weighted by Gasteiger charge is -2.26. The second-order valence-electron chi connectivity index (χ2n) is 8.04. The highest BCUT2D eigenvalue weighted by molar-refractivity contribution is 5.77. The van der Waals surface area contributed by atoms with E-state index in [1.165, 1.54) is 0 Å². The molecular formula is C21H32F3NO4. The normalized spacial score (nSPS) is 25.2. The third-order valence-corrected chi connectivity index (χ3v) is 5.03. The standard InChI is InChI=1S/C21H32F3NO4/c1-14(13-25-19(28)12-20(3,29)21(22,23)24)8-6-4-5-7-9-16-10-17(26)11-18(27)15(16)2/h5,7,9,14,17-18,26-27,29H,2,4,6,8,10-13H2,1,3H3,(H,25,28)/b7-5+,16-9-/t14-,17+,18-,20?/m0/s1. The van der Waals surface area contributed by atoms with E-state index in [9.17, 15) is 33.3 Å². The number of unbranched alkanes of at least 4 members (excludes halogenated alkanes) is 1. The molecule has 0 heterocycles. The Morgan fingerprint density at radius 2 is 2.03 bits per heavy atom. The van der Waals surface area contributed by atoms with Crippen molar-refractivity contribution in [1.29, 1.82) is 0 Å². The summed E-state index contributed by atoms with van der Waals surface area (Å²) in [5, 5.41) is 31.2. The number of carbonyl (C=O) groups excluding carboxylic acids is 1. The Balaban J connectivity index is 2.28. The molecule has 166 valence electrons. The molecule has 29 heavy (non-hydrogen) atoms. The number of nitrogens with one attached hydrogen (secondary N) is 1. The molecule has 1 fully saturated rings. The molecule has 0 aromatic heterocycles. The van der Waals surface area contributed by atoms with Crippen LogP contribution in [-0.4, -0.2) is 51.8 Å². The highest BCUT2D eigenvalue weighted by Crippen LogP contribution is 2.32. The highest BCUT2D eigenvalue weighted by atomic mass is 19.4. The van der Waals surface area contributed by atoms with Crippen LogP contribution < -0.4 is 5.32 Å². The molecule has 0 saturated heterocycles. The number of carbonyl (C=O) groups is 1. The fourth-order valence-corrected chi connectivity index (χ4v) is 2.99. The Labute approximate surface area is 170 Å². The van der Waals surface area contributed by atoms with Gasteiger partial charge in [0.2, 0.25) is 5.91 Å². The van der Waals surface area contributed by atoms with E-state index < -0.39 is 36.3 Å². The van der Waals surface area contributed by atoms with Crippen LogP contribution in [0.4, 0.5) is 13.2 Å². The topological polar surface area (TPSA) is 89.8 Å². The van der Waals surface area contributed by atoms with Gasteiger partial charge in [0.25, 0.3) is 0 Å². The van der Waals surface area contributed by atoms with Crippen LogP contribution in [0.5, 0.6) is 0 Å². The summed E-state index contributed by atoms with van der Waals surface area (Å²) in [5.41, 5.74) is -1.57. The van der Waals surface area contributed by atoms with Crippen LogP contribution in [0.2, 0.25) is 0 Å². The average molecular weight is 419 g/mol. The lowest BCUT2D eigenvalue weighted by molar-refractivity contribution is -0.253. The number of halogens is 3. The van der Waals surface area contributed by atoms with Crippen LogP contribution in [0, 0.1) is 5.92 Å². The summed E-state index contributed by atoms with van der Waals surface area (Å²) in [6, 6.07) is 0. The first-order valence-corrected chi connectivity index (χ1v) is 9.80. The number of alkyl halides is 3. The lowest BCUT2D eigenvalue weighted by atomic mass is 9.86. The number of hydrogen-bond donors (Lipinski definition) is 4. The second kappa shape index (κ2) is 10.9. The maximum atomic E-state index is 12.6. The van der Waals surface area contributed by atoms with Crippen LogP contribution in [-0.2, 0) is 4.79 Å². The van der Waals surface area contributed by atoms with Gasteiger partial charge >= 0.3 is 6.18 Å². The van der Waals surface area contributed by atoms with Crippen LogP contribution in [0.1, 0.15) is 52.4 Å². The van der Waals surface area contributed by atoms with Crippen LogP contribution in [0.15, 0.2) is 36.0 Å². The van der Waals surface area contributed by atoms with Gasteiger partial charge in [-0.1, -0.05) is 31.7 Å². The van der Waals surface area contributed by atoms with Gasteiger partial charge in [-0.15, -0.1) is 0 Å². The van der Waals surface area contributed by atoms with Crippen LogP contribution >= 0.6 is 0 Å². The molecule has 1 aliphatic rings. The van der Waals surface area contributed by atoms with Crippen LogP contribution in [0.3, 0.4) is 0 Å². The summed E-state index contributed by atoms with van der Waals surface area (Å²) < 4.78 is 37.7. The van der Waals surface area contributed by atoms with Gasteiger partial charge in [0, 0.05) is 13.0 Å². The van der Waals surface area contributed by atoms with Gasteiger partial charge in [0.05, 0.1) is 18.6 Å². The van der Waals surface area contributed by atoms with Gasteiger partial charge in [0.15, 0.2) is 5.60 Å². The Morgan fingerprint density at radius 1 is 1.38 bits per heavy atom. The fourth-order valence-electron chi connectivity index (χ4n) is 2.99. The molecule has 0 aromatic rings. The van der Waals surface area contributed by atoms with E-state index in [0.29, 0.717) is 25.3 Å². The number of aliphatic hydroxyl groups is 3. The van der Waals surface area contributed by atoms with Crippen LogP contribution in [0.25, 0.3) is 0 Å². The molecule has 0 aromatic carbocycles. The molecule has 4 N–H and O–H groups in total. The molecule has 1 unspecified atom stereocenters. The minimum Gasteiger partial charge on any atom is -0.393 e. The smallest absolute Gasteiger partial charge is 0.393 e. The van der Waals surface area contributed by atoms with Crippen molar-refractivity contribution in [3.63, 3.8) is 0 Å². The van der Waals surface area contributed by atoms with Gasteiger partial charge in [-0.05, 0) is 49.7 Å². The predicted octanol–water partition coefficient (Wildman–Crippen LogP) is 3.17. The average Bonchev–Trinajstić information content (AvgIpc) is 2.58. The van der Waals surface area contributed by atoms with Crippen molar-refractivity contribution >= 4 is 5.91 Å². The molecule has 8 heteroatoms. The van der Waals surface area contributed by atoms with E-state index in [4.69, 9.17) is 0 Å². The molecule has 0 radical (unpaired) electrons. The van der Waals surface area contributed by atoms with E-state index in [-0.39, 0.29) is 12.5 Å². The van der Waals surface area contributed by atoms with E-state index in [1.807, 2.05) is 25.2 Å². The Hall–Kier alpha value is -1.64. The summed E-state index contributed by atoms with van der Waals surface area (Å²) in [4.78, 5) is 11.6. The summed E-state index contributed by atoms with van der Waals surface area (Å²) in [7, 11) is 0. The van der Waals surface area contributed by atoms with Crippen molar-refractivity contribution in [2.45, 2.75) is 76.4 Å². The Morgan fingerprint density at radius 3 is 2.66 bits per heavy atom. The third-order valence-electron chi connectivity index (χ3n) is 5.03. The first-order chi connectivity index (χ1) is 13.3. The monoisotopic (exact) mass is 419 g/mol. The van der Waals surface area contributed by atoms with Crippen molar-refractivity contribution in [3.8, 4) is 0 Å². The van der Waals surface area contributed by atoms with Gasteiger partial charge in [-0.25, -0.2) is 0 Å². The van der Waals surface area contributed by atoms with Crippen molar-refractivity contribution in [3.05, 3.63) is 36.0 Å². The quantitative estimate of drug-likeness (QED) is 0.432. The molecule has 1 aliphatic carbocycles. The summed E-state index contributed by atoms with van der Waals surface area (Å²) in [6.45, 7) is 6.57. The van der Waals surface area contributed by atoms with Crippen molar-refractivity contribution in [2.75, 3.05) is 6.54 Å². The third kappa shape index (κ3) is 8.72. The molecule has 0 spiro atoms. The maximum absolute atomic E-state index is 12.6. The number of hydrogen-bond acceptors (Lipinski definition) is 4. The first kappa shape index (κ1) is 25.4. The highest BCUT2D eigenvalue weighted by Gasteiger charge is 2.50. The second-order valence-corrected chi connectivity index (χ2v) is 8.04. The minimum atomic E-state index is -4.85. The number of allylic oxidation sites excluding steroid dienone is 3. The minimum absolute atomic E-state index is 0.0879. The molecule has 5 nitrogen and oxygen atoms in total. The molecular weight excluding hydrogens is 387 g/mol. The molecule has 4 atom stereocenters. The predicted molar refractivity (Wildman–Crippen MR) is 105 cm³/mol. The van der Waals surface area contributed by atoms with Crippen molar-refractivity contribution < 1.29 is 33.3 Å². The number of aliphatic hydroxyl groups excluding tert-OH is 2. The number of amides is 1. The van der Waals surface area contributed by atoms with Gasteiger partial charge in [-0.3, -0.25) is 4.79 Å². The molecule has 0 bridgehead atoms. The summed E-state index contributed by atoms with van der Waals surface area (Å²) in [6.07, 6.45) is 1.68. The Bertz CT molecular complexity index is 626. The molecule has 1 amide bonds. The van der Waals surface area contributed by atoms with E-state index in [2.05, 4.69) is 11.9 Å². The van der Waals surface area contributed by atoms with Gasteiger partial charge in [0.1, 0.15) is 0 Å². The van der Waals surface area contributed by atoms with E-state index in [1.54, 1.807) is 0 Å². The van der Waals surface area contributed by atoms with Crippen molar-refractivity contribution in [1.82, 2.24) is 5.32 Å². The van der Waals surface area contributed by atoms with Gasteiger partial charge in [-0.2, -0.15) is 13.2 Å². The zero-order valence-corrected chi connectivity index (χ0v) is 17.0. The molecule has 0 aliphatic heterocycles. The van der Waals surface area contributed by atoms with E-state index >= 15 is 0 Å². The SMILES string of the molecule is C=C1/C(=C\C=C\CCC[C@H](C)CNC(=O)CC(C)(O)C(F)(F)F)C[C@@H](O)C[C@@H]1O. The zero-order valence-electron chi connectivity index (χ0n) is 17.0. The van der Waals surface area contributed by atoms with Crippen molar-refractivity contribution in [2.24, 2.45) is 5.92 Å². The number of rotatable bonds is 9. The summed E-state index contributed by atoms with van der Waals surface area (Å²) >= 11 is 0. The first-order valence-electron chi connectivity index (χ1n) is 9.80. The largest absolute Gasteiger partial charge is 0.417 e. The Kier molecular flexibility index (Phi) is 9.58. The van der Waals surface area contributed by atoms with E-state index in [0.717, 1.165) is 24.8 Å². The fraction of sp³-hybridized carbons (Fsp3) is 0.667. The molecule has 1 saturated carbocycles. The molecule has 1 rings (SSSR count). The summed E-state index contributed by atoms with van der Waals surface area (Å²) in [5.74, 6) is -0.743.